The van der Waals surface area contributed by atoms with E-state index in [9.17, 15) is 23.2 Å². The Hall–Kier alpha value is -3.21. The molecule has 2 aromatic rings. The lowest BCUT2D eigenvalue weighted by molar-refractivity contribution is -0.274. The number of carbonyl (C=O) groups excluding carboxylic acids is 1. The van der Waals surface area contributed by atoms with Crippen molar-refractivity contribution in [3.05, 3.63) is 59.7 Å². The minimum atomic E-state index is -4.77. The summed E-state index contributed by atoms with van der Waals surface area (Å²) in [5.41, 5.74) is 0.994. The molecule has 0 aromatic heterocycles. The number of benzene rings is 2. The number of para-hydroxylation sites is 1. The third-order valence-electron chi connectivity index (χ3n) is 3.41. The third-order valence-corrected chi connectivity index (χ3v) is 3.41. The smallest absolute Gasteiger partial charge is 0.496 e. The van der Waals surface area contributed by atoms with Crippen LogP contribution in [0.4, 0.5) is 13.2 Å². The Morgan fingerprint density at radius 3 is 2.42 bits per heavy atom. The van der Waals surface area contributed by atoms with Gasteiger partial charge in [0.1, 0.15) is 17.5 Å². The lowest BCUT2D eigenvalue weighted by Crippen LogP contribution is -2.29. The normalized spacial score (nSPS) is 12.0. The number of nitrogens with one attached hydrogen (secondary N) is 1. The van der Waals surface area contributed by atoms with Crippen LogP contribution in [0.3, 0.4) is 0 Å². The maximum Gasteiger partial charge on any atom is 0.573 e. The van der Waals surface area contributed by atoms with Gasteiger partial charge in [-0.05, 0) is 23.8 Å². The van der Waals surface area contributed by atoms with Gasteiger partial charge in [-0.1, -0.05) is 30.3 Å². The maximum atomic E-state index is 12.2. The number of alkyl halides is 3. The molecule has 0 aliphatic rings. The summed E-state index contributed by atoms with van der Waals surface area (Å²) < 4.78 is 45.3. The fourth-order valence-electron chi connectivity index (χ4n) is 2.29. The number of hydrogen-bond donors (Lipinski definition) is 1. The fourth-order valence-corrected chi connectivity index (χ4v) is 2.29. The Morgan fingerprint density at radius 2 is 1.85 bits per heavy atom. The quantitative estimate of drug-likeness (QED) is 0.851. The zero-order valence-electron chi connectivity index (χ0n) is 13.7. The van der Waals surface area contributed by atoms with Crippen LogP contribution in [0.2, 0.25) is 0 Å². The van der Waals surface area contributed by atoms with E-state index in [1.165, 1.54) is 19.2 Å². The van der Waals surface area contributed by atoms with Crippen LogP contribution in [0, 0.1) is 11.3 Å². The highest BCUT2D eigenvalue weighted by molar-refractivity contribution is 5.79. The van der Waals surface area contributed by atoms with Crippen molar-refractivity contribution < 1.29 is 27.4 Å². The third kappa shape index (κ3) is 5.41. The molecule has 2 aromatic carbocycles. The van der Waals surface area contributed by atoms with Gasteiger partial charge in [0.05, 0.1) is 19.6 Å². The van der Waals surface area contributed by atoms with E-state index < -0.39 is 18.3 Å². The first-order chi connectivity index (χ1) is 12.3. The maximum absolute atomic E-state index is 12.2. The van der Waals surface area contributed by atoms with E-state index >= 15 is 0 Å². The Labute approximate surface area is 148 Å². The summed E-state index contributed by atoms with van der Waals surface area (Å²) in [4.78, 5) is 12.2. The largest absolute Gasteiger partial charge is 0.573 e. The number of nitriles is 1. The second-order valence-electron chi connectivity index (χ2n) is 5.24. The van der Waals surface area contributed by atoms with Gasteiger partial charge in [-0.25, -0.2) is 0 Å². The van der Waals surface area contributed by atoms with E-state index in [0.29, 0.717) is 16.9 Å². The van der Waals surface area contributed by atoms with E-state index in [4.69, 9.17) is 4.74 Å². The monoisotopic (exact) mass is 364 g/mol. The molecule has 1 atom stereocenters. The van der Waals surface area contributed by atoms with Crippen LogP contribution in [0.25, 0.3) is 0 Å². The van der Waals surface area contributed by atoms with Gasteiger partial charge in [-0.2, -0.15) is 5.26 Å². The number of methoxy groups -OCH3 is 1. The predicted octanol–water partition coefficient (Wildman–Crippen LogP) is 3.52. The van der Waals surface area contributed by atoms with Crippen molar-refractivity contribution in [2.75, 3.05) is 7.11 Å². The van der Waals surface area contributed by atoms with E-state index in [0.717, 1.165) is 12.1 Å². The number of halogens is 3. The SMILES string of the molecule is COc1ccccc1C(C#N)NC(=O)Cc1ccc(OC(F)(F)F)cc1. The van der Waals surface area contributed by atoms with Gasteiger partial charge in [0.15, 0.2) is 0 Å². The molecule has 0 spiro atoms. The number of nitrogens with zero attached hydrogens (tertiary/aromatic N) is 1. The first-order valence-electron chi connectivity index (χ1n) is 7.49. The summed E-state index contributed by atoms with van der Waals surface area (Å²) >= 11 is 0. The molecule has 1 N–H and O–H groups in total. The van der Waals surface area contributed by atoms with Crippen LogP contribution in [-0.4, -0.2) is 19.4 Å². The van der Waals surface area contributed by atoms with Crippen molar-refractivity contribution in [3.63, 3.8) is 0 Å². The Kier molecular flexibility index (Phi) is 6.07. The van der Waals surface area contributed by atoms with Crippen molar-refractivity contribution in [1.82, 2.24) is 5.32 Å². The van der Waals surface area contributed by atoms with Gasteiger partial charge in [0, 0.05) is 5.56 Å². The van der Waals surface area contributed by atoms with E-state index in [2.05, 4.69) is 10.1 Å². The number of rotatable bonds is 6. The molecule has 1 unspecified atom stereocenters. The summed E-state index contributed by atoms with van der Waals surface area (Å²) in [6.45, 7) is 0. The standard InChI is InChI=1S/C18H15F3N2O3/c1-25-16-5-3-2-4-14(16)15(11-22)23-17(24)10-12-6-8-13(9-7-12)26-18(19,20)21/h2-9,15H,10H2,1H3,(H,23,24). The van der Waals surface area contributed by atoms with Crippen molar-refractivity contribution in [3.8, 4) is 17.6 Å². The molecule has 0 heterocycles. The topological polar surface area (TPSA) is 71.3 Å². The van der Waals surface area contributed by atoms with Crippen LogP contribution in [0.15, 0.2) is 48.5 Å². The summed E-state index contributed by atoms with van der Waals surface area (Å²) in [6, 6.07) is 12.8. The zero-order chi connectivity index (χ0) is 19.2. The second-order valence-corrected chi connectivity index (χ2v) is 5.24. The molecule has 0 aliphatic heterocycles. The Balaban J connectivity index is 2.02. The lowest BCUT2D eigenvalue weighted by atomic mass is 10.1. The summed E-state index contributed by atoms with van der Waals surface area (Å²) in [5.74, 6) is -0.356. The van der Waals surface area contributed by atoms with Crippen LogP contribution in [-0.2, 0) is 11.2 Å². The zero-order valence-corrected chi connectivity index (χ0v) is 13.7. The van der Waals surface area contributed by atoms with Gasteiger partial charge >= 0.3 is 6.36 Å². The number of ether oxygens (including phenoxy) is 2. The highest BCUT2D eigenvalue weighted by atomic mass is 19.4. The first kappa shape index (κ1) is 19.1. The lowest BCUT2D eigenvalue weighted by Gasteiger charge is -2.15. The molecule has 26 heavy (non-hydrogen) atoms. The molecule has 0 radical (unpaired) electrons. The van der Waals surface area contributed by atoms with E-state index in [1.807, 2.05) is 6.07 Å². The van der Waals surface area contributed by atoms with Crippen LogP contribution in [0.1, 0.15) is 17.2 Å². The molecule has 0 saturated heterocycles. The number of hydrogen-bond acceptors (Lipinski definition) is 4. The molecule has 5 nitrogen and oxygen atoms in total. The highest BCUT2D eigenvalue weighted by Gasteiger charge is 2.31. The average Bonchev–Trinajstić information content (AvgIpc) is 2.60. The van der Waals surface area contributed by atoms with Crippen molar-refractivity contribution in [2.45, 2.75) is 18.8 Å². The minimum Gasteiger partial charge on any atom is -0.496 e. The van der Waals surface area contributed by atoms with Gasteiger partial charge in [0.25, 0.3) is 0 Å². The second kappa shape index (κ2) is 8.25. The van der Waals surface area contributed by atoms with Crippen molar-refractivity contribution in [2.24, 2.45) is 0 Å². The van der Waals surface area contributed by atoms with Gasteiger partial charge < -0.3 is 14.8 Å². The fraction of sp³-hybridized carbons (Fsp3) is 0.222. The average molecular weight is 364 g/mol. The molecule has 136 valence electrons. The molecule has 2 rings (SSSR count). The molecule has 0 saturated carbocycles. The van der Waals surface area contributed by atoms with E-state index in [1.54, 1.807) is 24.3 Å². The molecule has 0 bridgehead atoms. The Bertz CT molecular complexity index is 799. The first-order valence-corrected chi connectivity index (χ1v) is 7.49. The molecule has 0 aliphatic carbocycles. The molecule has 8 heteroatoms. The Morgan fingerprint density at radius 1 is 1.19 bits per heavy atom. The molecular formula is C18H15F3N2O3. The minimum absolute atomic E-state index is 0.0976. The van der Waals surface area contributed by atoms with Crippen molar-refractivity contribution >= 4 is 5.91 Å². The molecule has 0 fully saturated rings. The highest BCUT2D eigenvalue weighted by Crippen LogP contribution is 2.25. The van der Waals surface area contributed by atoms with Crippen LogP contribution >= 0.6 is 0 Å². The van der Waals surface area contributed by atoms with Crippen molar-refractivity contribution in [1.29, 1.82) is 5.26 Å². The van der Waals surface area contributed by atoms with Crippen LogP contribution < -0.4 is 14.8 Å². The summed E-state index contributed by atoms with van der Waals surface area (Å²) in [6.07, 6.45) is -4.87. The van der Waals surface area contributed by atoms with Gasteiger partial charge in [-0.3, -0.25) is 4.79 Å². The van der Waals surface area contributed by atoms with Crippen LogP contribution in [0.5, 0.6) is 11.5 Å². The molecular weight excluding hydrogens is 349 g/mol. The van der Waals surface area contributed by atoms with E-state index in [-0.39, 0.29) is 12.2 Å². The molecule has 1 amide bonds. The number of amides is 1. The summed E-state index contributed by atoms with van der Waals surface area (Å²) in [7, 11) is 1.46. The summed E-state index contributed by atoms with van der Waals surface area (Å²) in [5, 5.41) is 11.9. The van der Waals surface area contributed by atoms with Gasteiger partial charge in [-0.15, -0.1) is 13.2 Å². The number of carbonyl (C=O) groups is 1. The van der Waals surface area contributed by atoms with Gasteiger partial charge in [0.2, 0.25) is 5.91 Å². The predicted molar refractivity (Wildman–Crippen MR) is 86.3 cm³/mol.